The average Bonchev–Trinajstić information content (AvgIpc) is 3.61. The highest BCUT2D eigenvalue weighted by atomic mass is 16.7. The summed E-state index contributed by atoms with van der Waals surface area (Å²) >= 11 is 0. The second kappa shape index (κ2) is 9.22. The average molecular weight is 603 g/mol. The highest BCUT2D eigenvalue weighted by molar-refractivity contribution is 5.98. The zero-order valence-electron chi connectivity index (χ0n) is 25.6. The largest absolute Gasteiger partial charge is 0.465 e. The van der Waals surface area contributed by atoms with Crippen LogP contribution in [0.2, 0.25) is 0 Å². The van der Waals surface area contributed by atoms with Crippen molar-refractivity contribution in [3.63, 3.8) is 0 Å². The molecule has 6 aliphatic rings. The molecule has 0 aromatic rings. The Bertz CT molecular complexity index is 1360. The van der Waals surface area contributed by atoms with Crippen LogP contribution in [0.25, 0.3) is 0 Å². The van der Waals surface area contributed by atoms with Crippen molar-refractivity contribution in [1.82, 2.24) is 0 Å². The van der Waals surface area contributed by atoms with E-state index < -0.39 is 81.3 Å². The molecule has 0 aromatic heterocycles. The maximum Gasteiger partial charge on any atom is 0.334 e. The van der Waals surface area contributed by atoms with Crippen LogP contribution in [0.5, 0.6) is 0 Å². The van der Waals surface area contributed by atoms with Gasteiger partial charge in [-0.15, -0.1) is 0 Å². The van der Waals surface area contributed by atoms with Crippen molar-refractivity contribution in [3.8, 4) is 0 Å². The van der Waals surface area contributed by atoms with Gasteiger partial charge in [0, 0.05) is 25.8 Å². The molecule has 0 aromatic carbocycles. The first-order valence-corrected chi connectivity index (χ1v) is 15.2. The van der Waals surface area contributed by atoms with E-state index in [-0.39, 0.29) is 38.1 Å². The van der Waals surface area contributed by atoms with Crippen molar-refractivity contribution in [2.45, 2.75) is 121 Å². The van der Waals surface area contributed by atoms with Crippen LogP contribution in [-0.4, -0.2) is 86.3 Å². The second-order valence-corrected chi connectivity index (χ2v) is 14.1. The van der Waals surface area contributed by atoms with Crippen LogP contribution in [-0.2, 0) is 38.1 Å². The molecule has 1 spiro atoms. The number of epoxide rings is 1. The number of rotatable bonds is 5. The maximum absolute atomic E-state index is 13.7. The van der Waals surface area contributed by atoms with Crippen LogP contribution in [0.3, 0.4) is 0 Å². The van der Waals surface area contributed by atoms with Gasteiger partial charge in [-0.1, -0.05) is 5.57 Å². The summed E-state index contributed by atoms with van der Waals surface area (Å²) in [7, 11) is 0. The van der Waals surface area contributed by atoms with Crippen LogP contribution in [0.15, 0.2) is 23.3 Å². The lowest BCUT2D eigenvalue weighted by Crippen LogP contribution is -2.75. The van der Waals surface area contributed by atoms with Crippen LogP contribution in [0.1, 0.15) is 80.1 Å². The topological polar surface area (TPSA) is 169 Å². The number of ketones is 1. The summed E-state index contributed by atoms with van der Waals surface area (Å²) in [6.45, 7) is 8.82. The number of cyclic esters (lactones) is 1. The summed E-state index contributed by atoms with van der Waals surface area (Å²) < 4.78 is 23.1. The molecule has 2 aliphatic heterocycles. The van der Waals surface area contributed by atoms with Gasteiger partial charge >= 0.3 is 17.9 Å². The molecule has 0 amide bonds. The van der Waals surface area contributed by atoms with E-state index >= 15 is 0 Å². The Kier molecular flexibility index (Phi) is 6.52. The molecular formula is C32H42O11. The van der Waals surface area contributed by atoms with E-state index in [1.807, 2.05) is 6.92 Å². The number of esters is 3. The lowest BCUT2D eigenvalue weighted by molar-refractivity contribution is -0.297. The van der Waals surface area contributed by atoms with Crippen molar-refractivity contribution in [2.24, 2.45) is 22.7 Å². The van der Waals surface area contributed by atoms with Gasteiger partial charge in [-0.25, -0.2) is 4.79 Å². The number of aliphatic hydroxyl groups is 3. The second-order valence-electron chi connectivity index (χ2n) is 14.1. The number of ether oxygens (including phenoxy) is 4. The van der Waals surface area contributed by atoms with Crippen molar-refractivity contribution < 1.29 is 53.4 Å². The Morgan fingerprint density at radius 1 is 1.09 bits per heavy atom. The van der Waals surface area contributed by atoms with Crippen LogP contribution in [0.4, 0.5) is 0 Å². The molecule has 0 bridgehead atoms. The van der Waals surface area contributed by atoms with Gasteiger partial charge in [0.1, 0.15) is 29.5 Å². The predicted molar refractivity (Wildman–Crippen MR) is 148 cm³/mol. The third kappa shape index (κ3) is 3.56. The molecule has 11 nitrogen and oxygen atoms in total. The van der Waals surface area contributed by atoms with Gasteiger partial charge < -0.3 is 34.3 Å². The lowest BCUT2D eigenvalue weighted by atomic mass is 9.42. The molecule has 3 N–H and O–H groups in total. The molecule has 4 aliphatic carbocycles. The van der Waals surface area contributed by atoms with Gasteiger partial charge in [0.15, 0.2) is 11.9 Å². The minimum Gasteiger partial charge on any atom is -0.465 e. The molecule has 0 radical (unpaired) electrons. The monoisotopic (exact) mass is 602 g/mol. The lowest BCUT2D eigenvalue weighted by Gasteiger charge is -2.64. The third-order valence-electron chi connectivity index (χ3n) is 12.6. The number of carbonyl (C=O) groups excluding carboxylic acids is 4. The fourth-order valence-corrected chi connectivity index (χ4v) is 10.0. The standard InChI is InChI=1S/C32H42O11/c1-16-13-24(42-26(36)17(16)2)28(6,37)31(39)12-11-30(38)21-14-25-32(43-25)23(41-19(4)34)8-7-22(35)27(32,5)20(21)9-10-29(30,31)15-40-18(3)33/h7-8,20-21,23-25,37-39H,9-15H2,1-6H3/t20-,21+,23+,24+,25+,27-,28-,29+,30+,31+,32+/m0/s1. The predicted octanol–water partition coefficient (Wildman–Crippen LogP) is 1.84. The molecule has 11 atom stereocenters. The number of hydrogen-bond donors (Lipinski definition) is 3. The number of allylic oxidation sites excluding steroid dienone is 1. The summed E-state index contributed by atoms with van der Waals surface area (Å²) in [5.74, 6) is -2.88. The van der Waals surface area contributed by atoms with Gasteiger partial charge in [-0.05, 0) is 83.8 Å². The van der Waals surface area contributed by atoms with E-state index in [4.69, 9.17) is 18.9 Å². The van der Waals surface area contributed by atoms with Crippen LogP contribution >= 0.6 is 0 Å². The summed E-state index contributed by atoms with van der Waals surface area (Å²) in [5.41, 5.74) is -8.35. The summed E-state index contributed by atoms with van der Waals surface area (Å²) in [4.78, 5) is 50.6. The highest BCUT2D eigenvalue weighted by Crippen LogP contribution is 2.75. The fraction of sp³-hybridized carbons (Fsp3) is 0.750. The minimum atomic E-state index is -2.04. The first-order valence-electron chi connectivity index (χ1n) is 15.2. The Hall–Kier alpha value is -2.60. The minimum absolute atomic E-state index is 0.0454. The molecule has 6 rings (SSSR count). The summed E-state index contributed by atoms with van der Waals surface area (Å²) in [5, 5.41) is 37.8. The molecular weight excluding hydrogens is 560 g/mol. The zero-order chi connectivity index (χ0) is 31.5. The van der Waals surface area contributed by atoms with Gasteiger partial charge in [0.2, 0.25) is 0 Å². The van der Waals surface area contributed by atoms with Crippen molar-refractivity contribution in [3.05, 3.63) is 23.3 Å². The maximum atomic E-state index is 13.7. The number of fused-ring (bicyclic) bond motifs is 4. The number of carbonyl (C=O) groups is 4. The highest BCUT2D eigenvalue weighted by Gasteiger charge is 2.85. The Morgan fingerprint density at radius 2 is 1.79 bits per heavy atom. The third-order valence-corrected chi connectivity index (χ3v) is 12.6. The van der Waals surface area contributed by atoms with Crippen LogP contribution < -0.4 is 0 Å². The van der Waals surface area contributed by atoms with Gasteiger partial charge in [0.25, 0.3) is 0 Å². The van der Waals surface area contributed by atoms with E-state index in [1.54, 1.807) is 19.9 Å². The molecule has 43 heavy (non-hydrogen) atoms. The molecule has 2 heterocycles. The summed E-state index contributed by atoms with van der Waals surface area (Å²) in [6, 6.07) is 0. The van der Waals surface area contributed by atoms with E-state index in [0.717, 1.165) is 5.57 Å². The van der Waals surface area contributed by atoms with Crippen LogP contribution in [0, 0.1) is 22.7 Å². The van der Waals surface area contributed by atoms with E-state index in [9.17, 15) is 34.5 Å². The number of hydrogen-bond acceptors (Lipinski definition) is 11. The molecule has 0 unspecified atom stereocenters. The first kappa shape index (κ1) is 30.4. The van der Waals surface area contributed by atoms with E-state index in [1.165, 1.54) is 26.8 Å². The smallest absolute Gasteiger partial charge is 0.334 e. The molecule has 1 saturated heterocycles. The first-order chi connectivity index (χ1) is 19.9. The Labute approximate surface area is 250 Å². The molecule has 4 fully saturated rings. The molecule has 236 valence electrons. The van der Waals surface area contributed by atoms with Gasteiger partial charge in [-0.3, -0.25) is 14.4 Å². The SMILES string of the molecule is CC(=O)OC[C@]12CC[C@H]3[C@@H](C[C@H]4O[C@]45[C@H](OC(C)=O)C=CC(=O)[C@]35C)[C@]1(O)CC[C@@]2(O)[C@@](C)(O)[C@H]1CC(C)=C(C)C(=O)O1. The Balaban J connectivity index is 1.43. The normalized spacial score (nSPS) is 47.8. The fourth-order valence-electron chi connectivity index (χ4n) is 10.0. The molecule has 3 saturated carbocycles. The summed E-state index contributed by atoms with van der Waals surface area (Å²) in [6.07, 6.45) is 1.54. The van der Waals surface area contributed by atoms with Gasteiger partial charge in [0.05, 0.1) is 22.5 Å². The zero-order valence-corrected chi connectivity index (χ0v) is 25.6. The van der Waals surface area contributed by atoms with E-state index in [2.05, 4.69) is 0 Å². The van der Waals surface area contributed by atoms with Crippen molar-refractivity contribution in [1.29, 1.82) is 0 Å². The Morgan fingerprint density at radius 3 is 2.42 bits per heavy atom. The molecule has 11 heteroatoms. The van der Waals surface area contributed by atoms with Crippen molar-refractivity contribution >= 4 is 23.7 Å². The quantitative estimate of drug-likeness (QED) is 0.238. The van der Waals surface area contributed by atoms with Crippen molar-refractivity contribution in [2.75, 3.05) is 6.61 Å². The van der Waals surface area contributed by atoms with E-state index in [0.29, 0.717) is 18.4 Å². The van der Waals surface area contributed by atoms with Gasteiger partial charge in [-0.2, -0.15) is 0 Å².